The topological polar surface area (TPSA) is 49.5 Å². The van der Waals surface area contributed by atoms with Gasteiger partial charge in [0.1, 0.15) is 0 Å². The first-order chi connectivity index (χ1) is 9.64. The number of nitrogens with two attached hydrogens (primary N) is 1. The lowest BCUT2D eigenvalue weighted by molar-refractivity contribution is -0.0612. The normalized spacial score (nSPS) is 30.1. The number of aliphatic hydroxyl groups is 1. The molecule has 1 aromatic carbocycles. The molecule has 1 aromatic rings. The van der Waals surface area contributed by atoms with E-state index in [1.807, 2.05) is 18.2 Å². The molecule has 0 bridgehead atoms. The minimum Gasteiger partial charge on any atom is -0.389 e. The maximum atomic E-state index is 10.8. The van der Waals surface area contributed by atoms with E-state index in [0.717, 1.165) is 55.0 Å². The predicted molar refractivity (Wildman–Crippen MR) is 83.1 cm³/mol. The lowest BCUT2D eigenvalue weighted by Crippen LogP contribution is -2.53. The van der Waals surface area contributed by atoms with Crippen molar-refractivity contribution in [1.29, 1.82) is 0 Å². The molecule has 3 N–H and O–H groups in total. The number of piperidine rings is 1. The molecule has 0 spiro atoms. The van der Waals surface area contributed by atoms with Gasteiger partial charge in [-0.1, -0.05) is 36.6 Å². The van der Waals surface area contributed by atoms with Crippen LogP contribution < -0.4 is 10.6 Å². The van der Waals surface area contributed by atoms with Crippen molar-refractivity contribution in [3.63, 3.8) is 0 Å². The number of fused-ring (bicyclic) bond motifs is 1. The average Bonchev–Trinajstić information content (AvgIpc) is 2.46. The number of para-hydroxylation sites is 1. The van der Waals surface area contributed by atoms with Crippen LogP contribution in [0.25, 0.3) is 0 Å². The zero-order chi connectivity index (χ0) is 14.2. The Morgan fingerprint density at radius 3 is 3.00 bits per heavy atom. The van der Waals surface area contributed by atoms with Gasteiger partial charge < -0.3 is 15.7 Å². The fraction of sp³-hybridized carbons (Fsp3) is 0.625. The number of nitrogens with zero attached hydrogens (tertiary/aromatic N) is 1. The molecule has 1 saturated heterocycles. The van der Waals surface area contributed by atoms with E-state index in [2.05, 4.69) is 4.90 Å². The summed E-state index contributed by atoms with van der Waals surface area (Å²) in [7, 11) is 0. The van der Waals surface area contributed by atoms with Crippen molar-refractivity contribution in [3.8, 4) is 0 Å². The highest BCUT2D eigenvalue weighted by molar-refractivity contribution is 6.33. The Morgan fingerprint density at radius 1 is 1.35 bits per heavy atom. The summed E-state index contributed by atoms with van der Waals surface area (Å²) in [6.45, 7) is 2.26. The standard InChI is InChI=1S/C16H23ClN2O/c17-14-6-3-4-12(10-18)15(14)19-9-8-16(20)7-2-1-5-13(16)11-19/h3-4,6,13,20H,1-2,5,7-11,18H2. The molecule has 3 nitrogen and oxygen atoms in total. The number of benzene rings is 1. The minimum atomic E-state index is -0.446. The van der Waals surface area contributed by atoms with Crippen molar-refractivity contribution in [2.45, 2.75) is 44.2 Å². The monoisotopic (exact) mass is 294 g/mol. The second-order valence-electron chi connectivity index (χ2n) is 6.19. The fourth-order valence-electron chi connectivity index (χ4n) is 3.85. The average molecular weight is 295 g/mol. The van der Waals surface area contributed by atoms with E-state index in [1.165, 1.54) is 6.42 Å². The van der Waals surface area contributed by atoms with Crippen molar-refractivity contribution in [3.05, 3.63) is 28.8 Å². The smallest absolute Gasteiger partial charge is 0.0709 e. The lowest BCUT2D eigenvalue weighted by atomic mass is 9.71. The Balaban J connectivity index is 1.86. The van der Waals surface area contributed by atoms with Gasteiger partial charge in [0.2, 0.25) is 0 Å². The van der Waals surface area contributed by atoms with Crippen LogP contribution in [0, 0.1) is 5.92 Å². The number of hydrogen-bond acceptors (Lipinski definition) is 3. The van der Waals surface area contributed by atoms with Gasteiger partial charge in [-0.15, -0.1) is 0 Å². The quantitative estimate of drug-likeness (QED) is 0.882. The van der Waals surface area contributed by atoms with Gasteiger partial charge >= 0.3 is 0 Å². The molecule has 2 unspecified atom stereocenters. The van der Waals surface area contributed by atoms with Crippen LogP contribution in [0.4, 0.5) is 5.69 Å². The molecule has 1 saturated carbocycles. The van der Waals surface area contributed by atoms with E-state index >= 15 is 0 Å². The van der Waals surface area contributed by atoms with E-state index in [-0.39, 0.29) is 0 Å². The highest BCUT2D eigenvalue weighted by atomic mass is 35.5. The van der Waals surface area contributed by atoms with Crippen LogP contribution in [-0.2, 0) is 6.54 Å². The fourth-order valence-corrected chi connectivity index (χ4v) is 4.17. The van der Waals surface area contributed by atoms with Gasteiger partial charge in [0.05, 0.1) is 16.3 Å². The Labute approximate surface area is 125 Å². The third-order valence-electron chi connectivity index (χ3n) is 5.03. The third kappa shape index (κ3) is 2.43. The van der Waals surface area contributed by atoms with Crippen molar-refractivity contribution in [2.24, 2.45) is 11.7 Å². The summed E-state index contributed by atoms with van der Waals surface area (Å²) in [5, 5.41) is 11.5. The SMILES string of the molecule is NCc1cccc(Cl)c1N1CCC2(O)CCCCC2C1. The Bertz CT molecular complexity index is 493. The first-order valence-electron chi connectivity index (χ1n) is 7.59. The van der Waals surface area contributed by atoms with Gasteiger partial charge in [-0.05, 0) is 30.9 Å². The first-order valence-corrected chi connectivity index (χ1v) is 7.96. The molecule has 1 heterocycles. The zero-order valence-corrected chi connectivity index (χ0v) is 12.6. The number of rotatable bonds is 2. The van der Waals surface area contributed by atoms with Crippen molar-refractivity contribution >= 4 is 17.3 Å². The lowest BCUT2D eigenvalue weighted by Gasteiger charge is -2.48. The highest BCUT2D eigenvalue weighted by Crippen LogP contribution is 2.42. The molecule has 2 aliphatic rings. The van der Waals surface area contributed by atoms with Gasteiger partial charge in [-0.3, -0.25) is 0 Å². The van der Waals surface area contributed by atoms with Gasteiger partial charge in [-0.2, -0.15) is 0 Å². The molecular weight excluding hydrogens is 272 g/mol. The molecule has 0 amide bonds. The van der Waals surface area contributed by atoms with Crippen LogP contribution in [0.5, 0.6) is 0 Å². The van der Waals surface area contributed by atoms with Crippen LogP contribution in [0.1, 0.15) is 37.7 Å². The number of anilines is 1. The highest BCUT2D eigenvalue weighted by Gasteiger charge is 2.43. The second-order valence-corrected chi connectivity index (χ2v) is 6.60. The van der Waals surface area contributed by atoms with E-state index in [0.29, 0.717) is 12.5 Å². The van der Waals surface area contributed by atoms with Gasteiger partial charge in [0.25, 0.3) is 0 Å². The molecular formula is C16H23ClN2O. The second kappa shape index (κ2) is 5.55. The van der Waals surface area contributed by atoms with Crippen molar-refractivity contribution in [1.82, 2.24) is 0 Å². The van der Waals surface area contributed by atoms with Crippen LogP contribution in [-0.4, -0.2) is 23.8 Å². The molecule has 2 fully saturated rings. The summed E-state index contributed by atoms with van der Waals surface area (Å²) in [6.07, 6.45) is 5.31. The molecule has 20 heavy (non-hydrogen) atoms. The maximum Gasteiger partial charge on any atom is 0.0709 e. The third-order valence-corrected chi connectivity index (χ3v) is 5.34. The van der Waals surface area contributed by atoms with Crippen molar-refractivity contribution < 1.29 is 5.11 Å². The van der Waals surface area contributed by atoms with E-state index < -0.39 is 5.60 Å². The van der Waals surface area contributed by atoms with E-state index in [4.69, 9.17) is 17.3 Å². The molecule has 2 atom stereocenters. The Morgan fingerprint density at radius 2 is 2.20 bits per heavy atom. The summed E-state index contributed by atoms with van der Waals surface area (Å²) < 4.78 is 0. The first kappa shape index (κ1) is 14.2. The molecule has 4 heteroatoms. The summed E-state index contributed by atoms with van der Waals surface area (Å²) in [6, 6.07) is 5.93. The van der Waals surface area contributed by atoms with Crippen LogP contribution in [0.2, 0.25) is 5.02 Å². The molecule has 110 valence electrons. The summed E-state index contributed by atoms with van der Waals surface area (Å²) >= 11 is 6.39. The Hall–Kier alpha value is -0.770. The van der Waals surface area contributed by atoms with Crippen LogP contribution in [0.3, 0.4) is 0 Å². The summed E-state index contributed by atoms with van der Waals surface area (Å²) in [5.41, 5.74) is 7.57. The Kier molecular flexibility index (Phi) is 3.93. The molecule has 0 radical (unpaired) electrons. The molecule has 3 rings (SSSR count). The minimum absolute atomic E-state index is 0.367. The van der Waals surface area contributed by atoms with Gasteiger partial charge in [0, 0.05) is 25.6 Å². The van der Waals surface area contributed by atoms with E-state index in [1.54, 1.807) is 0 Å². The number of hydrogen-bond donors (Lipinski definition) is 2. The van der Waals surface area contributed by atoms with E-state index in [9.17, 15) is 5.11 Å². The van der Waals surface area contributed by atoms with Crippen LogP contribution >= 0.6 is 11.6 Å². The predicted octanol–water partition coefficient (Wildman–Crippen LogP) is 2.93. The molecule has 1 aliphatic heterocycles. The van der Waals surface area contributed by atoms with Crippen molar-refractivity contribution in [2.75, 3.05) is 18.0 Å². The molecule has 1 aliphatic carbocycles. The zero-order valence-electron chi connectivity index (χ0n) is 11.8. The van der Waals surface area contributed by atoms with Crippen LogP contribution in [0.15, 0.2) is 18.2 Å². The maximum absolute atomic E-state index is 10.8. The molecule has 0 aromatic heterocycles. The summed E-state index contributed by atoms with van der Waals surface area (Å²) in [5.74, 6) is 0.367. The number of halogens is 1. The van der Waals surface area contributed by atoms with Gasteiger partial charge in [-0.25, -0.2) is 0 Å². The largest absolute Gasteiger partial charge is 0.389 e. The summed E-state index contributed by atoms with van der Waals surface area (Å²) in [4.78, 5) is 2.33. The van der Waals surface area contributed by atoms with Gasteiger partial charge in [0.15, 0.2) is 0 Å².